The number of nitrogens with zero attached hydrogens (tertiary/aromatic N) is 1. The zero-order valence-corrected chi connectivity index (χ0v) is 20.7. The Morgan fingerprint density at radius 2 is 1.66 bits per heavy atom. The lowest BCUT2D eigenvalue weighted by atomic mass is 10.2. The van der Waals surface area contributed by atoms with Gasteiger partial charge in [0, 0.05) is 15.7 Å². The maximum atomic E-state index is 12.5. The lowest BCUT2D eigenvalue weighted by molar-refractivity contribution is -0.136. The molecule has 2 N–H and O–H groups in total. The summed E-state index contributed by atoms with van der Waals surface area (Å²) >= 11 is 17.9. The highest BCUT2D eigenvalue weighted by Crippen LogP contribution is 2.30. The Hall–Kier alpha value is -3.59. The van der Waals surface area contributed by atoms with Gasteiger partial charge in [-0.3, -0.25) is 9.59 Å². The number of carbonyl (C=O) groups is 3. The fourth-order valence-electron chi connectivity index (χ4n) is 2.73. The second-order valence-electron chi connectivity index (χ2n) is 7.04. The topological polar surface area (TPSA) is 106 Å². The van der Waals surface area contributed by atoms with E-state index in [1.54, 1.807) is 18.2 Å². The van der Waals surface area contributed by atoms with Crippen molar-refractivity contribution in [2.45, 2.75) is 6.92 Å². The van der Waals surface area contributed by atoms with Gasteiger partial charge in [0.25, 0.3) is 0 Å². The highest BCUT2D eigenvalue weighted by molar-refractivity contribution is 6.40. The molecule has 3 aromatic rings. The Morgan fingerprint density at radius 3 is 2.34 bits per heavy atom. The van der Waals surface area contributed by atoms with Gasteiger partial charge in [-0.25, -0.2) is 10.2 Å². The Kier molecular flexibility index (Phi) is 8.70. The van der Waals surface area contributed by atoms with Crippen molar-refractivity contribution in [1.82, 2.24) is 5.43 Å². The standard InChI is InChI=1S/C24H18Cl3N3O5/c1-13-3-6-16(11-18(13)26)29-22(31)23(32)30-28-12-14-4-8-20(21(9-14)34-2)35-24(33)17-7-5-15(25)10-19(17)27/h3-12H,1-2H3,(H,29,31)(H,30,32)/b28-12-. The molecule has 0 spiro atoms. The monoisotopic (exact) mass is 533 g/mol. The van der Waals surface area contributed by atoms with Crippen molar-refractivity contribution in [2.75, 3.05) is 12.4 Å². The predicted molar refractivity (Wildman–Crippen MR) is 135 cm³/mol. The number of benzene rings is 3. The molecule has 0 saturated heterocycles. The number of methoxy groups -OCH3 is 1. The van der Waals surface area contributed by atoms with E-state index in [-0.39, 0.29) is 22.1 Å². The lowest BCUT2D eigenvalue weighted by Crippen LogP contribution is -2.32. The smallest absolute Gasteiger partial charge is 0.345 e. The van der Waals surface area contributed by atoms with Crippen LogP contribution in [0.2, 0.25) is 15.1 Å². The molecule has 0 aliphatic heterocycles. The quantitative estimate of drug-likeness (QED) is 0.147. The number of rotatable bonds is 6. The normalized spacial score (nSPS) is 10.7. The summed E-state index contributed by atoms with van der Waals surface area (Å²) in [6.45, 7) is 1.82. The summed E-state index contributed by atoms with van der Waals surface area (Å²) in [5.41, 5.74) is 3.97. The Balaban J connectivity index is 1.62. The van der Waals surface area contributed by atoms with E-state index in [1.807, 2.05) is 6.92 Å². The molecule has 0 aliphatic carbocycles. The molecule has 3 rings (SSSR count). The highest BCUT2D eigenvalue weighted by atomic mass is 35.5. The number of nitrogens with one attached hydrogen (secondary N) is 2. The van der Waals surface area contributed by atoms with E-state index in [0.29, 0.717) is 21.3 Å². The minimum absolute atomic E-state index is 0.137. The van der Waals surface area contributed by atoms with Crippen LogP contribution in [-0.4, -0.2) is 31.1 Å². The van der Waals surface area contributed by atoms with Crippen LogP contribution in [0, 0.1) is 6.92 Å². The number of carbonyl (C=O) groups excluding carboxylic acids is 3. The maximum absolute atomic E-state index is 12.5. The molecule has 0 aromatic heterocycles. The third kappa shape index (κ3) is 6.95. The van der Waals surface area contributed by atoms with Crippen LogP contribution >= 0.6 is 34.8 Å². The molecule has 0 saturated carbocycles. The molecule has 3 aromatic carbocycles. The first-order valence-electron chi connectivity index (χ1n) is 9.93. The summed E-state index contributed by atoms with van der Waals surface area (Å²) in [5, 5.41) is 7.19. The van der Waals surface area contributed by atoms with E-state index in [2.05, 4.69) is 15.8 Å². The molecule has 0 heterocycles. The molecule has 35 heavy (non-hydrogen) atoms. The van der Waals surface area contributed by atoms with Crippen molar-refractivity contribution in [3.8, 4) is 11.5 Å². The number of amides is 2. The molecule has 11 heteroatoms. The largest absolute Gasteiger partial charge is 0.493 e. The fourth-order valence-corrected chi connectivity index (χ4v) is 3.40. The molecule has 0 radical (unpaired) electrons. The Labute approximate surface area is 215 Å². The minimum atomic E-state index is -0.977. The SMILES string of the molecule is COc1cc(/C=N\NC(=O)C(=O)Nc2ccc(C)c(Cl)c2)ccc1OC(=O)c1ccc(Cl)cc1Cl. The van der Waals surface area contributed by atoms with Gasteiger partial charge in [0.15, 0.2) is 11.5 Å². The molecule has 8 nitrogen and oxygen atoms in total. The first-order chi connectivity index (χ1) is 16.7. The van der Waals surface area contributed by atoms with Crippen LogP contribution < -0.4 is 20.2 Å². The van der Waals surface area contributed by atoms with Crippen LogP contribution in [-0.2, 0) is 9.59 Å². The molecule has 0 atom stereocenters. The van der Waals surface area contributed by atoms with Crippen molar-refractivity contribution in [2.24, 2.45) is 5.10 Å². The van der Waals surface area contributed by atoms with E-state index in [1.165, 1.54) is 49.7 Å². The van der Waals surface area contributed by atoms with Crippen LogP contribution in [0.15, 0.2) is 59.7 Å². The van der Waals surface area contributed by atoms with Gasteiger partial charge in [-0.2, -0.15) is 5.10 Å². The molecular formula is C24H18Cl3N3O5. The van der Waals surface area contributed by atoms with E-state index in [4.69, 9.17) is 44.3 Å². The Bertz CT molecular complexity index is 1330. The molecule has 2 amide bonds. The first kappa shape index (κ1) is 26.0. The van der Waals surface area contributed by atoms with Gasteiger partial charge in [0.05, 0.1) is 23.9 Å². The van der Waals surface area contributed by atoms with Gasteiger partial charge in [-0.05, 0) is 66.6 Å². The molecule has 0 aliphatic rings. The summed E-state index contributed by atoms with van der Waals surface area (Å²) in [7, 11) is 1.40. The summed E-state index contributed by atoms with van der Waals surface area (Å²) in [4.78, 5) is 36.5. The van der Waals surface area contributed by atoms with Crippen molar-refractivity contribution < 1.29 is 23.9 Å². The van der Waals surface area contributed by atoms with Gasteiger partial charge in [-0.15, -0.1) is 0 Å². The zero-order chi connectivity index (χ0) is 25.5. The van der Waals surface area contributed by atoms with E-state index in [0.717, 1.165) is 5.56 Å². The fraction of sp³-hybridized carbons (Fsp3) is 0.0833. The van der Waals surface area contributed by atoms with Crippen LogP contribution in [0.3, 0.4) is 0 Å². The summed E-state index contributed by atoms with van der Waals surface area (Å²) in [6, 6.07) is 13.8. The predicted octanol–water partition coefficient (Wildman–Crippen LogP) is 5.27. The molecule has 0 bridgehead atoms. The average Bonchev–Trinajstić information content (AvgIpc) is 2.82. The summed E-state index contributed by atoms with van der Waals surface area (Å²) in [6.07, 6.45) is 1.29. The number of hydrogen-bond acceptors (Lipinski definition) is 6. The molecule has 180 valence electrons. The number of hydrogen-bond donors (Lipinski definition) is 2. The lowest BCUT2D eigenvalue weighted by Gasteiger charge is -2.10. The molecular weight excluding hydrogens is 517 g/mol. The van der Waals surface area contributed by atoms with Gasteiger partial charge in [0.1, 0.15) is 0 Å². The van der Waals surface area contributed by atoms with Crippen LogP contribution in [0.4, 0.5) is 5.69 Å². The second kappa shape index (κ2) is 11.7. The van der Waals surface area contributed by atoms with Crippen LogP contribution in [0.5, 0.6) is 11.5 Å². The van der Waals surface area contributed by atoms with E-state index < -0.39 is 17.8 Å². The Morgan fingerprint density at radius 1 is 0.886 bits per heavy atom. The summed E-state index contributed by atoms with van der Waals surface area (Å²) in [5.74, 6) is -2.22. The molecule has 0 unspecified atom stereocenters. The van der Waals surface area contributed by atoms with Crippen molar-refractivity contribution >= 4 is 64.5 Å². The van der Waals surface area contributed by atoms with Gasteiger partial charge >= 0.3 is 17.8 Å². The third-order valence-corrected chi connectivity index (χ3v) is 5.51. The number of esters is 1. The van der Waals surface area contributed by atoms with Crippen LogP contribution in [0.25, 0.3) is 0 Å². The average molecular weight is 535 g/mol. The van der Waals surface area contributed by atoms with Crippen molar-refractivity contribution in [3.05, 3.63) is 86.4 Å². The minimum Gasteiger partial charge on any atom is -0.493 e. The highest BCUT2D eigenvalue weighted by Gasteiger charge is 2.16. The van der Waals surface area contributed by atoms with Crippen molar-refractivity contribution in [3.63, 3.8) is 0 Å². The molecule has 0 fully saturated rings. The number of anilines is 1. The first-order valence-corrected chi connectivity index (χ1v) is 11.1. The number of hydrazone groups is 1. The third-order valence-electron chi connectivity index (χ3n) is 4.56. The number of aryl methyl sites for hydroxylation is 1. The van der Waals surface area contributed by atoms with E-state index >= 15 is 0 Å². The van der Waals surface area contributed by atoms with E-state index in [9.17, 15) is 14.4 Å². The summed E-state index contributed by atoms with van der Waals surface area (Å²) < 4.78 is 10.6. The number of ether oxygens (including phenoxy) is 2. The van der Waals surface area contributed by atoms with Crippen molar-refractivity contribution in [1.29, 1.82) is 0 Å². The van der Waals surface area contributed by atoms with Crippen LogP contribution in [0.1, 0.15) is 21.5 Å². The zero-order valence-electron chi connectivity index (χ0n) is 18.4. The maximum Gasteiger partial charge on any atom is 0.345 e. The van der Waals surface area contributed by atoms with Gasteiger partial charge in [0.2, 0.25) is 0 Å². The number of halogens is 3. The second-order valence-corrected chi connectivity index (χ2v) is 8.29. The van der Waals surface area contributed by atoms with Gasteiger partial charge in [-0.1, -0.05) is 40.9 Å². The van der Waals surface area contributed by atoms with Gasteiger partial charge < -0.3 is 14.8 Å².